The molecule has 18 heavy (non-hydrogen) atoms. The van der Waals surface area contributed by atoms with Crippen LogP contribution in [0, 0.1) is 0 Å². The number of unbranched alkanes of at least 4 members (excludes halogenated alkanes) is 1. The molecule has 4 heteroatoms. The predicted molar refractivity (Wildman–Crippen MR) is 75.8 cm³/mol. The highest BCUT2D eigenvalue weighted by molar-refractivity contribution is 6.38. The molecular formula is C14H24N2O2. The van der Waals surface area contributed by atoms with Crippen LogP contribution in [0.5, 0.6) is 0 Å². The highest BCUT2D eigenvalue weighted by Crippen LogP contribution is 1.95. The van der Waals surface area contributed by atoms with Crippen LogP contribution in [0.1, 0.15) is 53.4 Å². The second-order valence-corrected chi connectivity index (χ2v) is 4.45. The van der Waals surface area contributed by atoms with Gasteiger partial charge < -0.3 is 0 Å². The van der Waals surface area contributed by atoms with E-state index in [4.69, 9.17) is 0 Å². The van der Waals surface area contributed by atoms with Crippen LogP contribution in [0.4, 0.5) is 0 Å². The Labute approximate surface area is 110 Å². The van der Waals surface area contributed by atoms with Crippen LogP contribution in [0.25, 0.3) is 0 Å². The summed E-state index contributed by atoms with van der Waals surface area (Å²) in [6.07, 6.45) is 2.82. The second kappa shape index (κ2) is 9.68. The van der Waals surface area contributed by atoms with Gasteiger partial charge in [0.05, 0.1) is 5.71 Å². The van der Waals surface area contributed by atoms with Crippen molar-refractivity contribution < 1.29 is 9.59 Å². The van der Waals surface area contributed by atoms with Crippen LogP contribution in [-0.4, -0.2) is 36.1 Å². The monoisotopic (exact) mass is 252 g/mol. The Hall–Kier alpha value is -1.32. The summed E-state index contributed by atoms with van der Waals surface area (Å²) in [6.45, 7) is 8.47. The number of aliphatic imine (C=N–C) groups is 2. The number of carbonyl (C=O) groups excluding carboxylic acids is 2. The van der Waals surface area contributed by atoms with E-state index >= 15 is 0 Å². The lowest BCUT2D eigenvalue weighted by Crippen LogP contribution is -2.08. The Bertz CT molecular complexity index is 344. The maximum absolute atomic E-state index is 11.2. The maximum atomic E-state index is 11.2. The molecule has 4 nitrogen and oxygen atoms in total. The molecule has 0 saturated heterocycles. The van der Waals surface area contributed by atoms with E-state index in [9.17, 15) is 9.59 Å². The molecule has 0 rings (SSSR count). The lowest BCUT2D eigenvalue weighted by atomic mass is 10.2. The van der Waals surface area contributed by atoms with Crippen LogP contribution in [0.2, 0.25) is 0 Å². The van der Waals surface area contributed by atoms with E-state index in [1.807, 2.05) is 13.8 Å². The van der Waals surface area contributed by atoms with Crippen molar-refractivity contribution >= 4 is 23.0 Å². The molecule has 0 N–H and O–H groups in total. The summed E-state index contributed by atoms with van der Waals surface area (Å²) >= 11 is 0. The minimum atomic E-state index is 0.116. The van der Waals surface area contributed by atoms with Crippen molar-refractivity contribution in [1.29, 1.82) is 0 Å². The minimum Gasteiger partial charge on any atom is -0.300 e. The van der Waals surface area contributed by atoms with Gasteiger partial charge in [-0.25, -0.2) is 0 Å². The van der Waals surface area contributed by atoms with Crippen LogP contribution >= 0.6 is 0 Å². The molecule has 0 aliphatic heterocycles. The Kier molecular flexibility index (Phi) is 8.97. The third-order valence-corrected chi connectivity index (χ3v) is 2.53. The fourth-order valence-electron chi connectivity index (χ4n) is 1.50. The first-order chi connectivity index (χ1) is 8.47. The van der Waals surface area contributed by atoms with Crippen molar-refractivity contribution in [3.63, 3.8) is 0 Å². The second-order valence-electron chi connectivity index (χ2n) is 4.45. The number of hydrogen-bond acceptors (Lipinski definition) is 4. The lowest BCUT2D eigenvalue weighted by molar-refractivity contribution is -0.116. The molecule has 0 heterocycles. The zero-order valence-corrected chi connectivity index (χ0v) is 12.0. The third-order valence-electron chi connectivity index (χ3n) is 2.53. The smallest absolute Gasteiger partial charge is 0.176 e. The summed E-state index contributed by atoms with van der Waals surface area (Å²) in [7, 11) is 0. The van der Waals surface area contributed by atoms with Gasteiger partial charge in [-0.15, -0.1) is 0 Å². The maximum Gasteiger partial charge on any atom is 0.176 e. The standard InChI is InChI=1S/C14H24N2O2/c1-5-14(18)13(4)16-9-7-6-8-15-11(2)10-12(3)17/h5-10H2,1-4H3. The average Bonchev–Trinajstić information content (AvgIpc) is 2.31. The van der Waals surface area contributed by atoms with E-state index in [0.29, 0.717) is 25.1 Å². The fourth-order valence-corrected chi connectivity index (χ4v) is 1.50. The summed E-state index contributed by atoms with van der Waals surface area (Å²) in [5, 5.41) is 0. The summed E-state index contributed by atoms with van der Waals surface area (Å²) in [6, 6.07) is 0. The van der Waals surface area contributed by atoms with Gasteiger partial charge in [0.25, 0.3) is 0 Å². The fraction of sp³-hybridized carbons (Fsp3) is 0.714. The average molecular weight is 252 g/mol. The zero-order valence-electron chi connectivity index (χ0n) is 12.0. The number of hydrogen-bond donors (Lipinski definition) is 0. The molecule has 0 saturated carbocycles. The summed E-state index contributed by atoms with van der Waals surface area (Å²) in [4.78, 5) is 30.6. The number of nitrogens with zero attached hydrogens (tertiary/aromatic N) is 2. The van der Waals surface area contributed by atoms with Gasteiger partial charge in [-0.1, -0.05) is 6.92 Å². The molecule has 0 unspecified atom stereocenters. The molecule has 0 aromatic carbocycles. The number of rotatable bonds is 9. The van der Waals surface area contributed by atoms with Crippen molar-refractivity contribution in [3.05, 3.63) is 0 Å². The highest BCUT2D eigenvalue weighted by Gasteiger charge is 2.01. The predicted octanol–water partition coefficient (Wildman–Crippen LogP) is 2.65. The molecule has 0 bridgehead atoms. The Morgan fingerprint density at radius 2 is 1.50 bits per heavy atom. The Balaban J connectivity index is 3.75. The van der Waals surface area contributed by atoms with E-state index in [2.05, 4.69) is 9.98 Å². The van der Waals surface area contributed by atoms with E-state index in [1.54, 1.807) is 13.8 Å². The van der Waals surface area contributed by atoms with Gasteiger partial charge in [0.15, 0.2) is 5.78 Å². The molecule has 102 valence electrons. The van der Waals surface area contributed by atoms with Gasteiger partial charge in [0, 0.05) is 31.6 Å². The van der Waals surface area contributed by atoms with Crippen molar-refractivity contribution in [2.75, 3.05) is 13.1 Å². The number of Topliss-reactive ketones (excluding diaryl/α,β-unsaturated/α-hetero) is 2. The highest BCUT2D eigenvalue weighted by atomic mass is 16.1. The van der Waals surface area contributed by atoms with Gasteiger partial charge in [0.1, 0.15) is 5.78 Å². The van der Waals surface area contributed by atoms with Crippen LogP contribution < -0.4 is 0 Å². The van der Waals surface area contributed by atoms with Crippen molar-refractivity contribution in [3.8, 4) is 0 Å². The molecule has 0 atom stereocenters. The van der Waals surface area contributed by atoms with Crippen LogP contribution in [0.15, 0.2) is 9.98 Å². The van der Waals surface area contributed by atoms with Gasteiger partial charge in [0.2, 0.25) is 0 Å². The van der Waals surface area contributed by atoms with Gasteiger partial charge >= 0.3 is 0 Å². The normalized spacial score (nSPS) is 12.7. The molecule has 0 aromatic rings. The molecule has 0 radical (unpaired) electrons. The molecule has 0 amide bonds. The van der Waals surface area contributed by atoms with Gasteiger partial charge in [-0.2, -0.15) is 0 Å². The van der Waals surface area contributed by atoms with Crippen LogP contribution in [0.3, 0.4) is 0 Å². The van der Waals surface area contributed by atoms with E-state index < -0.39 is 0 Å². The summed E-state index contributed by atoms with van der Waals surface area (Å²) in [5.74, 6) is 0.264. The molecule has 0 aromatic heterocycles. The first-order valence-electron chi connectivity index (χ1n) is 6.51. The van der Waals surface area contributed by atoms with Gasteiger partial charge in [-0.3, -0.25) is 19.6 Å². The zero-order chi connectivity index (χ0) is 14.0. The number of ketones is 2. The SMILES string of the molecule is CCC(=O)C(C)=NCCCCN=C(C)CC(C)=O. The Morgan fingerprint density at radius 3 is 2.00 bits per heavy atom. The third kappa shape index (κ3) is 8.79. The molecule has 0 aliphatic carbocycles. The lowest BCUT2D eigenvalue weighted by Gasteiger charge is -1.99. The van der Waals surface area contributed by atoms with E-state index in [1.165, 1.54) is 0 Å². The first kappa shape index (κ1) is 16.7. The van der Waals surface area contributed by atoms with E-state index in [-0.39, 0.29) is 11.6 Å². The molecular weight excluding hydrogens is 228 g/mol. The van der Waals surface area contributed by atoms with Crippen molar-refractivity contribution in [2.45, 2.75) is 53.4 Å². The largest absolute Gasteiger partial charge is 0.300 e. The topological polar surface area (TPSA) is 58.9 Å². The van der Waals surface area contributed by atoms with Crippen molar-refractivity contribution in [1.82, 2.24) is 0 Å². The first-order valence-corrected chi connectivity index (χ1v) is 6.51. The summed E-state index contributed by atoms with van der Waals surface area (Å²) in [5.41, 5.74) is 1.51. The van der Waals surface area contributed by atoms with Crippen molar-refractivity contribution in [2.24, 2.45) is 9.98 Å². The van der Waals surface area contributed by atoms with Gasteiger partial charge in [-0.05, 0) is 33.6 Å². The minimum absolute atomic E-state index is 0.116. The Morgan fingerprint density at radius 1 is 0.944 bits per heavy atom. The summed E-state index contributed by atoms with van der Waals surface area (Å²) < 4.78 is 0. The molecule has 0 fully saturated rings. The van der Waals surface area contributed by atoms with E-state index in [0.717, 1.165) is 25.1 Å². The van der Waals surface area contributed by atoms with Crippen LogP contribution in [-0.2, 0) is 9.59 Å². The molecule has 0 spiro atoms. The number of carbonyl (C=O) groups is 2. The molecule has 0 aliphatic rings. The quantitative estimate of drug-likeness (QED) is 0.468.